The molecule has 0 radical (unpaired) electrons. The van der Waals surface area contributed by atoms with E-state index in [4.69, 9.17) is 23.2 Å². The van der Waals surface area contributed by atoms with Crippen molar-refractivity contribution in [3.63, 3.8) is 0 Å². The molecule has 0 unspecified atom stereocenters. The zero-order valence-corrected chi connectivity index (χ0v) is 16.9. The first-order valence-electron chi connectivity index (χ1n) is 9.12. The molecule has 4 heteroatoms. The largest absolute Gasteiger partial charge is 0.506 e. The minimum atomic E-state index is -0.753. The fraction of sp³-hybridized carbons (Fsp3) is 0.0400. The maximum absolute atomic E-state index is 10.0. The lowest BCUT2D eigenvalue weighted by Crippen LogP contribution is -2.31. The molecule has 4 rings (SSSR count). The van der Waals surface area contributed by atoms with E-state index < -0.39 is 5.41 Å². The molecule has 0 saturated carbocycles. The van der Waals surface area contributed by atoms with Crippen molar-refractivity contribution >= 4 is 23.2 Å². The van der Waals surface area contributed by atoms with Gasteiger partial charge in [0.25, 0.3) is 0 Å². The summed E-state index contributed by atoms with van der Waals surface area (Å²) < 4.78 is 0. The van der Waals surface area contributed by atoms with Gasteiger partial charge in [-0.1, -0.05) is 96.0 Å². The first-order valence-corrected chi connectivity index (χ1v) is 9.88. The van der Waals surface area contributed by atoms with Crippen molar-refractivity contribution in [2.75, 3.05) is 0 Å². The van der Waals surface area contributed by atoms with Gasteiger partial charge in [-0.05, 0) is 46.5 Å². The Bertz CT molecular complexity index is 1050. The van der Waals surface area contributed by atoms with Crippen molar-refractivity contribution in [2.45, 2.75) is 5.41 Å². The van der Waals surface area contributed by atoms with Crippen LogP contribution in [0, 0.1) is 0 Å². The summed E-state index contributed by atoms with van der Waals surface area (Å²) in [6.45, 7) is 0. The molecule has 0 spiro atoms. The van der Waals surface area contributed by atoms with Gasteiger partial charge in [0.1, 0.15) is 11.5 Å². The molecule has 0 atom stereocenters. The lowest BCUT2D eigenvalue weighted by molar-refractivity contribution is 0.475. The van der Waals surface area contributed by atoms with E-state index in [0.29, 0.717) is 0 Å². The van der Waals surface area contributed by atoms with Crippen molar-refractivity contribution in [3.05, 3.63) is 129 Å². The third-order valence-electron chi connectivity index (χ3n) is 5.17. The zero-order chi connectivity index (χ0) is 20.4. The third kappa shape index (κ3) is 3.35. The molecule has 0 bridgehead atoms. The van der Waals surface area contributed by atoms with Crippen molar-refractivity contribution in [1.29, 1.82) is 0 Å². The van der Waals surface area contributed by atoms with Crippen LogP contribution in [0.4, 0.5) is 0 Å². The molecule has 4 aromatic rings. The Morgan fingerprint density at radius 2 is 0.862 bits per heavy atom. The SMILES string of the molecule is Oc1ccc(C(c2ccccc2)(c2ccccc2)c2ccc(O)c(Cl)c2)cc1Cl. The molecule has 0 aromatic heterocycles. The van der Waals surface area contributed by atoms with Crippen LogP contribution in [0.15, 0.2) is 97.1 Å². The molecule has 29 heavy (non-hydrogen) atoms. The summed E-state index contributed by atoms with van der Waals surface area (Å²) >= 11 is 12.6. The van der Waals surface area contributed by atoms with Crippen molar-refractivity contribution in [2.24, 2.45) is 0 Å². The van der Waals surface area contributed by atoms with Crippen LogP contribution in [-0.2, 0) is 5.41 Å². The minimum absolute atomic E-state index is 0.0224. The van der Waals surface area contributed by atoms with Gasteiger partial charge in [0.15, 0.2) is 0 Å². The molecule has 4 aromatic carbocycles. The van der Waals surface area contributed by atoms with E-state index in [1.54, 1.807) is 24.3 Å². The quantitative estimate of drug-likeness (QED) is 0.356. The van der Waals surface area contributed by atoms with Gasteiger partial charge in [-0.15, -0.1) is 0 Å². The average molecular weight is 421 g/mol. The van der Waals surface area contributed by atoms with Gasteiger partial charge in [0.05, 0.1) is 15.5 Å². The number of rotatable bonds is 4. The number of hydrogen-bond donors (Lipinski definition) is 2. The predicted molar refractivity (Wildman–Crippen MR) is 118 cm³/mol. The summed E-state index contributed by atoms with van der Waals surface area (Å²) in [5.74, 6) is 0.0448. The Morgan fingerprint density at radius 1 is 0.483 bits per heavy atom. The lowest BCUT2D eigenvalue weighted by Gasteiger charge is -2.37. The van der Waals surface area contributed by atoms with E-state index in [2.05, 4.69) is 24.3 Å². The second kappa shape index (κ2) is 7.82. The first kappa shape index (κ1) is 19.4. The maximum atomic E-state index is 10.0. The summed E-state index contributed by atoms with van der Waals surface area (Å²) in [6, 6.07) is 30.5. The summed E-state index contributed by atoms with van der Waals surface area (Å²) in [5, 5.41) is 20.6. The van der Waals surface area contributed by atoms with Crippen molar-refractivity contribution in [1.82, 2.24) is 0 Å². The van der Waals surface area contributed by atoms with E-state index in [1.807, 2.05) is 48.5 Å². The molecule has 2 N–H and O–H groups in total. The molecule has 2 nitrogen and oxygen atoms in total. The molecular weight excluding hydrogens is 403 g/mol. The fourth-order valence-electron chi connectivity index (χ4n) is 3.86. The molecule has 0 amide bonds. The number of halogens is 2. The number of phenolic OH excluding ortho intramolecular Hbond substituents is 2. The predicted octanol–water partition coefficient (Wildman–Crippen LogP) is 6.79. The van der Waals surface area contributed by atoms with Crippen molar-refractivity contribution in [3.8, 4) is 11.5 Å². The Morgan fingerprint density at radius 3 is 1.21 bits per heavy atom. The van der Waals surface area contributed by atoms with Crippen LogP contribution < -0.4 is 0 Å². The van der Waals surface area contributed by atoms with Crippen LogP contribution >= 0.6 is 23.2 Å². The summed E-state index contributed by atoms with van der Waals surface area (Å²) in [5.41, 5.74) is 3.01. The maximum Gasteiger partial charge on any atom is 0.134 e. The number of phenols is 2. The van der Waals surface area contributed by atoms with Crippen LogP contribution in [0.2, 0.25) is 10.0 Å². The Kier molecular flexibility index (Phi) is 5.23. The van der Waals surface area contributed by atoms with E-state index >= 15 is 0 Å². The first-order chi connectivity index (χ1) is 14.0. The zero-order valence-electron chi connectivity index (χ0n) is 15.4. The summed E-state index contributed by atoms with van der Waals surface area (Å²) in [6.07, 6.45) is 0. The summed E-state index contributed by atoms with van der Waals surface area (Å²) in [4.78, 5) is 0. The second-order valence-corrected chi connectivity index (χ2v) is 7.63. The standard InChI is InChI=1S/C25H18Cl2O2/c26-21-15-19(11-13-23(21)28)25(17-7-3-1-4-8-17,18-9-5-2-6-10-18)20-12-14-24(29)22(27)16-20/h1-16,28-29H. The van der Waals surface area contributed by atoms with Crippen LogP contribution in [0.3, 0.4) is 0 Å². The number of aromatic hydroxyl groups is 2. The molecule has 0 aliphatic carbocycles. The molecular formula is C25H18Cl2O2. The highest BCUT2D eigenvalue weighted by Gasteiger charge is 2.39. The van der Waals surface area contributed by atoms with E-state index in [1.165, 1.54) is 0 Å². The Labute approximate surface area is 179 Å². The van der Waals surface area contributed by atoms with Gasteiger partial charge < -0.3 is 10.2 Å². The third-order valence-corrected chi connectivity index (χ3v) is 5.78. The molecule has 144 valence electrons. The summed E-state index contributed by atoms with van der Waals surface area (Å²) in [7, 11) is 0. The lowest BCUT2D eigenvalue weighted by atomic mass is 9.65. The van der Waals surface area contributed by atoms with E-state index in [9.17, 15) is 10.2 Å². The highest BCUT2D eigenvalue weighted by Crippen LogP contribution is 2.47. The van der Waals surface area contributed by atoms with Crippen LogP contribution in [-0.4, -0.2) is 10.2 Å². The highest BCUT2D eigenvalue weighted by molar-refractivity contribution is 6.32. The minimum Gasteiger partial charge on any atom is -0.506 e. The Hall–Kier alpha value is -2.94. The van der Waals surface area contributed by atoms with Gasteiger partial charge in [0.2, 0.25) is 0 Å². The number of benzene rings is 4. The van der Waals surface area contributed by atoms with Gasteiger partial charge >= 0.3 is 0 Å². The fourth-order valence-corrected chi connectivity index (χ4v) is 4.22. The number of hydrogen-bond acceptors (Lipinski definition) is 2. The van der Waals surface area contributed by atoms with Gasteiger partial charge in [0, 0.05) is 0 Å². The van der Waals surface area contributed by atoms with Gasteiger partial charge in [-0.3, -0.25) is 0 Å². The highest BCUT2D eigenvalue weighted by atomic mass is 35.5. The normalized spacial score (nSPS) is 11.4. The monoisotopic (exact) mass is 420 g/mol. The van der Waals surface area contributed by atoms with Crippen LogP contribution in [0.25, 0.3) is 0 Å². The molecule has 0 heterocycles. The van der Waals surface area contributed by atoms with Crippen LogP contribution in [0.5, 0.6) is 11.5 Å². The molecule has 0 aliphatic rings. The molecule has 0 fully saturated rings. The molecule has 0 saturated heterocycles. The van der Waals surface area contributed by atoms with Gasteiger partial charge in [-0.2, -0.15) is 0 Å². The van der Waals surface area contributed by atoms with E-state index in [0.717, 1.165) is 22.3 Å². The topological polar surface area (TPSA) is 40.5 Å². The second-order valence-electron chi connectivity index (χ2n) is 6.81. The average Bonchev–Trinajstić information content (AvgIpc) is 2.75. The van der Waals surface area contributed by atoms with E-state index in [-0.39, 0.29) is 21.5 Å². The van der Waals surface area contributed by atoms with Gasteiger partial charge in [-0.25, -0.2) is 0 Å². The Balaban J connectivity index is 2.16. The molecule has 0 aliphatic heterocycles. The van der Waals surface area contributed by atoms with Crippen LogP contribution in [0.1, 0.15) is 22.3 Å². The van der Waals surface area contributed by atoms with Crippen molar-refractivity contribution < 1.29 is 10.2 Å². The smallest absolute Gasteiger partial charge is 0.134 e.